The summed E-state index contributed by atoms with van der Waals surface area (Å²) in [6, 6.07) is 13.2. The fourth-order valence-corrected chi connectivity index (χ4v) is 3.07. The number of ether oxygens (including phenoxy) is 3. The van der Waals surface area contributed by atoms with E-state index in [1.807, 2.05) is 36.4 Å². The van der Waals surface area contributed by atoms with Crippen LogP contribution in [-0.2, 0) is 11.3 Å². The Bertz CT molecular complexity index is 810. The molecule has 0 spiro atoms. The third-order valence-corrected chi connectivity index (χ3v) is 4.58. The first-order chi connectivity index (χ1) is 13.2. The van der Waals surface area contributed by atoms with Crippen molar-refractivity contribution in [1.29, 1.82) is 0 Å². The molecule has 0 bridgehead atoms. The van der Waals surface area contributed by atoms with Crippen molar-refractivity contribution in [3.8, 4) is 11.5 Å². The number of nitrogens with zero attached hydrogens (tertiary/aromatic N) is 1. The minimum absolute atomic E-state index is 0.0382. The molecule has 0 N–H and O–H groups in total. The molecule has 0 aliphatic carbocycles. The van der Waals surface area contributed by atoms with Crippen LogP contribution in [0.2, 0.25) is 0 Å². The number of methoxy groups -OCH3 is 2. The SMILES string of the molecule is COc1cccc(/C=C/C(=O)c2ccc(OC)c(CN3CCOCC3)c2)c1. The lowest BCUT2D eigenvalue weighted by atomic mass is 10.0. The zero-order chi connectivity index (χ0) is 19.1. The van der Waals surface area contributed by atoms with Gasteiger partial charge in [-0.25, -0.2) is 0 Å². The molecule has 27 heavy (non-hydrogen) atoms. The van der Waals surface area contributed by atoms with E-state index in [0.717, 1.165) is 55.5 Å². The van der Waals surface area contributed by atoms with Crippen molar-refractivity contribution in [3.63, 3.8) is 0 Å². The van der Waals surface area contributed by atoms with Crippen LogP contribution in [0.3, 0.4) is 0 Å². The van der Waals surface area contributed by atoms with Crippen molar-refractivity contribution in [2.75, 3.05) is 40.5 Å². The van der Waals surface area contributed by atoms with E-state index < -0.39 is 0 Å². The van der Waals surface area contributed by atoms with Gasteiger partial charge >= 0.3 is 0 Å². The van der Waals surface area contributed by atoms with Gasteiger partial charge < -0.3 is 14.2 Å². The molecule has 1 saturated heterocycles. The van der Waals surface area contributed by atoms with E-state index >= 15 is 0 Å². The van der Waals surface area contributed by atoms with Crippen molar-refractivity contribution in [1.82, 2.24) is 4.90 Å². The second-order valence-electron chi connectivity index (χ2n) is 6.39. The van der Waals surface area contributed by atoms with Crippen LogP contribution >= 0.6 is 0 Å². The molecule has 1 fully saturated rings. The quantitative estimate of drug-likeness (QED) is 0.554. The van der Waals surface area contributed by atoms with Crippen LogP contribution in [0.15, 0.2) is 48.5 Å². The molecule has 0 aromatic heterocycles. The van der Waals surface area contributed by atoms with Gasteiger partial charge in [0.2, 0.25) is 0 Å². The van der Waals surface area contributed by atoms with Crippen LogP contribution in [0.25, 0.3) is 6.08 Å². The van der Waals surface area contributed by atoms with Crippen LogP contribution in [0.4, 0.5) is 0 Å². The first kappa shape index (κ1) is 19.1. The zero-order valence-electron chi connectivity index (χ0n) is 15.8. The van der Waals surface area contributed by atoms with Gasteiger partial charge in [0, 0.05) is 30.8 Å². The molecule has 0 amide bonds. The third-order valence-electron chi connectivity index (χ3n) is 4.58. The number of hydrogen-bond acceptors (Lipinski definition) is 5. The summed E-state index contributed by atoms with van der Waals surface area (Å²) in [6.45, 7) is 4.00. The highest BCUT2D eigenvalue weighted by Gasteiger charge is 2.15. The van der Waals surface area contributed by atoms with Gasteiger partial charge in [-0.3, -0.25) is 9.69 Å². The number of allylic oxidation sites excluding steroid dienone is 1. The van der Waals surface area contributed by atoms with Gasteiger partial charge in [0.15, 0.2) is 5.78 Å². The molecule has 0 saturated carbocycles. The number of rotatable bonds is 7. The lowest BCUT2D eigenvalue weighted by Gasteiger charge is -2.27. The van der Waals surface area contributed by atoms with E-state index in [9.17, 15) is 4.79 Å². The van der Waals surface area contributed by atoms with Crippen molar-refractivity contribution < 1.29 is 19.0 Å². The summed E-state index contributed by atoms with van der Waals surface area (Å²) in [4.78, 5) is 14.9. The Morgan fingerprint density at radius 1 is 1.11 bits per heavy atom. The van der Waals surface area contributed by atoms with Crippen LogP contribution in [0.5, 0.6) is 11.5 Å². The number of morpholine rings is 1. The van der Waals surface area contributed by atoms with E-state index in [4.69, 9.17) is 14.2 Å². The predicted octanol–water partition coefficient (Wildman–Crippen LogP) is 3.43. The second kappa shape index (κ2) is 9.35. The summed E-state index contributed by atoms with van der Waals surface area (Å²) in [7, 11) is 3.28. The van der Waals surface area contributed by atoms with Gasteiger partial charge in [0.05, 0.1) is 27.4 Å². The van der Waals surface area contributed by atoms with Crippen LogP contribution in [0.1, 0.15) is 21.5 Å². The van der Waals surface area contributed by atoms with E-state index in [-0.39, 0.29) is 5.78 Å². The minimum atomic E-state index is -0.0382. The average molecular weight is 367 g/mol. The van der Waals surface area contributed by atoms with Gasteiger partial charge in [0.1, 0.15) is 11.5 Å². The fraction of sp³-hybridized carbons (Fsp3) is 0.318. The molecule has 1 aliphatic rings. The summed E-state index contributed by atoms with van der Waals surface area (Å²) in [5.41, 5.74) is 2.59. The maximum atomic E-state index is 12.6. The molecule has 0 unspecified atom stereocenters. The molecule has 5 nitrogen and oxygen atoms in total. The number of ketones is 1. The second-order valence-corrected chi connectivity index (χ2v) is 6.39. The van der Waals surface area contributed by atoms with Crippen LogP contribution < -0.4 is 9.47 Å². The van der Waals surface area contributed by atoms with Crippen molar-refractivity contribution in [3.05, 3.63) is 65.2 Å². The highest BCUT2D eigenvalue weighted by molar-refractivity contribution is 6.07. The summed E-state index contributed by atoms with van der Waals surface area (Å²) >= 11 is 0. The number of hydrogen-bond donors (Lipinski definition) is 0. The first-order valence-corrected chi connectivity index (χ1v) is 9.03. The Hall–Kier alpha value is -2.63. The molecule has 3 rings (SSSR count). The molecule has 1 heterocycles. The van der Waals surface area contributed by atoms with Gasteiger partial charge in [-0.1, -0.05) is 18.2 Å². The summed E-state index contributed by atoms with van der Waals surface area (Å²) in [5.74, 6) is 1.53. The van der Waals surface area contributed by atoms with Crippen LogP contribution in [0, 0.1) is 0 Å². The number of benzene rings is 2. The maximum absolute atomic E-state index is 12.6. The monoisotopic (exact) mass is 367 g/mol. The molecule has 2 aromatic rings. The molecule has 5 heteroatoms. The average Bonchev–Trinajstić information content (AvgIpc) is 2.73. The number of carbonyl (C=O) groups is 1. The van der Waals surface area contributed by atoms with E-state index in [1.165, 1.54) is 0 Å². The first-order valence-electron chi connectivity index (χ1n) is 9.03. The van der Waals surface area contributed by atoms with Gasteiger partial charge in [-0.05, 0) is 42.0 Å². The third kappa shape index (κ3) is 5.18. The molecular weight excluding hydrogens is 342 g/mol. The normalized spacial score (nSPS) is 15.0. The Kier molecular flexibility index (Phi) is 6.63. The maximum Gasteiger partial charge on any atom is 0.185 e. The summed E-state index contributed by atoms with van der Waals surface area (Å²) in [6.07, 6.45) is 3.39. The highest BCUT2D eigenvalue weighted by atomic mass is 16.5. The lowest BCUT2D eigenvalue weighted by Crippen LogP contribution is -2.35. The van der Waals surface area contributed by atoms with Crippen molar-refractivity contribution in [2.24, 2.45) is 0 Å². The molecule has 0 atom stereocenters. The van der Waals surface area contributed by atoms with Crippen molar-refractivity contribution in [2.45, 2.75) is 6.54 Å². The van der Waals surface area contributed by atoms with E-state index in [1.54, 1.807) is 32.4 Å². The zero-order valence-corrected chi connectivity index (χ0v) is 15.8. The number of carbonyl (C=O) groups excluding carboxylic acids is 1. The van der Waals surface area contributed by atoms with E-state index in [0.29, 0.717) is 5.56 Å². The van der Waals surface area contributed by atoms with Gasteiger partial charge in [0.25, 0.3) is 0 Å². The van der Waals surface area contributed by atoms with Gasteiger partial charge in [-0.2, -0.15) is 0 Å². The predicted molar refractivity (Wildman–Crippen MR) is 105 cm³/mol. The van der Waals surface area contributed by atoms with Crippen molar-refractivity contribution >= 4 is 11.9 Å². The smallest absolute Gasteiger partial charge is 0.185 e. The molecule has 1 aliphatic heterocycles. The van der Waals surface area contributed by atoms with Crippen LogP contribution in [-0.4, -0.2) is 51.2 Å². The molecular formula is C22H25NO4. The van der Waals surface area contributed by atoms with E-state index in [2.05, 4.69) is 4.90 Å². The summed E-state index contributed by atoms with van der Waals surface area (Å²) < 4.78 is 16.1. The fourth-order valence-electron chi connectivity index (χ4n) is 3.07. The Morgan fingerprint density at radius 2 is 1.93 bits per heavy atom. The standard InChI is InChI=1S/C22H25NO4/c1-25-20-5-3-4-17(14-20)6-8-21(24)18-7-9-22(26-2)19(15-18)16-23-10-12-27-13-11-23/h3-9,14-15H,10-13,16H2,1-2H3/b8-6+. The Morgan fingerprint density at radius 3 is 2.67 bits per heavy atom. The molecule has 0 radical (unpaired) electrons. The minimum Gasteiger partial charge on any atom is -0.497 e. The van der Waals surface area contributed by atoms with Gasteiger partial charge in [-0.15, -0.1) is 0 Å². The lowest BCUT2D eigenvalue weighted by molar-refractivity contribution is 0.0338. The largest absolute Gasteiger partial charge is 0.497 e. The summed E-state index contributed by atoms with van der Waals surface area (Å²) in [5, 5.41) is 0. The Balaban J connectivity index is 1.75. The molecule has 142 valence electrons. The topological polar surface area (TPSA) is 48.0 Å². The highest BCUT2D eigenvalue weighted by Crippen LogP contribution is 2.23. The Labute approximate surface area is 160 Å². The molecule has 2 aromatic carbocycles.